The fraction of sp³-hybridized carbons (Fsp3) is 0.346. The Morgan fingerprint density at radius 1 is 1.05 bits per heavy atom. The zero-order valence-corrected chi connectivity index (χ0v) is 21.9. The lowest BCUT2D eigenvalue weighted by atomic mass is 9.88. The number of rotatable bonds is 4. The van der Waals surface area contributed by atoms with Crippen LogP contribution in [0.25, 0.3) is 0 Å². The zero-order chi connectivity index (χ0) is 28.9. The summed E-state index contributed by atoms with van der Waals surface area (Å²) in [7, 11) is 1.50. The van der Waals surface area contributed by atoms with Gasteiger partial charge in [-0.2, -0.15) is 4.98 Å². The van der Waals surface area contributed by atoms with Crippen molar-refractivity contribution >= 4 is 41.5 Å². The molecule has 3 fully saturated rings. The first kappa shape index (κ1) is 25.9. The number of aromatic nitrogens is 2. The van der Waals surface area contributed by atoms with Crippen LogP contribution in [-0.4, -0.2) is 82.5 Å². The maximum atomic E-state index is 13.1. The van der Waals surface area contributed by atoms with Crippen LogP contribution >= 0.6 is 0 Å². The van der Waals surface area contributed by atoms with Crippen LogP contribution in [0.15, 0.2) is 24.4 Å². The average molecular weight is 560 g/mol. The minimum absolute atomic E-state index is 0.0475. The van der Waals surface area contributed by atoms with Gasteiger partial charge in [-0.3, -0.25) is 25.0 Å². The van der Waals surface area contributed by atoms with Crippen LogP contribution in [0.5, 0.6) is 5.75 Å². The summed E-state index contributed by atoms with van der Waals surface area (Å²) in [6, 6.07) is 3.91. The minimum atomic E-state index is -1.72. The van der Waals surface area contributed by atoms with Crippen molar-refractivity contribution in [1.82, 2.24) is 36.1 Å². The Morgan fingerprint density at radius 3 is 2.41 bits per heavy atom. The molecule has 4 aliphatic rings. The predicted molar refractivity (Wildman–Crippen MR) is 141 cm³/mol. The Labute approximate surface area is 233 Å². The number of hydrogen-bond acceptors (Lipinski definition) is 10. The van der Waals surface area contributed by atoms with Gasteiger partial charge in [0.2, 0.25) is 11.5 Å². The highest BCUT2D eigenvalue weighted by molar-refractivity contribution is 6.10. The van der Waals surface area contributed by atoms with Gasteiger partial charge in [-0.15, -0.1) is 0 Å². The summed E-state index contributed by atoms with van der Waals surface area (Å²) >= 11 is 0. The van der Waals surface area contributed by atoms with E-state index in [-0.39, 0.29) is 36.3 Å². The van der Waals surface area contributed by atoms with Gasteiger partial charge >= 0.3 is 12.1 Å². The van der Waals surface area contributed by atoms with Crippen LogP contribution < -0.4 is 36.6 Å². The van der Waals surface area contributed by atoms with E-state index in [1.807, 2.05) is 4.90 Å². The molecule has 15 nitrogen and oxygen atoms in total. The molecule has 0 saturated carbocycles. The molecular formula is C26H25N9O6. The Bertz CT molecular complexity index is 1590. The van der Waals surface area contributed by atoms with E-state index >= 15 is 0 Å². The highest BCUT2D eigenvalue weighted by Crippen LogP contribution is 2.30. The molecular weight excluding hydrogens is 534 g/mol. The molecule has 15 heteroatoms. The van der Waals surface area contributed by atoms with Gasteiger partial charge in [0.25, 0.3) is 17.7 Å². The van der Waals surface area contributed by atoms with Crippen molar-refractivity contribution in [3.63, 3.8) is 0 Å². The van der Waals surface area contributed by atoms with E-state index in [0.29, 0.717) is 43.2 Å². The van der Waals surface area contributed by atoms with Crippen molar-refractivity contribution in [3.05, 3.63) is 41.1 Å². The number of methoxy groups -OCH3 is 1. The number of ether oxygens (including phenoxy) is 1. The van der Waals surface area contributed by atoms with E-state index in [0.717, 1.165) is 5.56 Å². The lowest BCUT2D eigenvalue weighted by Gasteiger charge is -2.36. The molecule has 7 amide bonds. The lowest BCUT2D eigenvalue weighted by Crippen LogP contribution is -2.55. The molecule has 1 aromatic carbocycles. The third-order valence-corrected chi connectivity index (χ3v) is 7.70. The summed E-state index contributed by atoms with van der Waals surface area (Å²) in [4.78, 5) is 73.9. The number of carbonyl (C=O) groups is 5. The summed E-state index contributed by atoms with van der Waals surface area (Å²) in [6.07, 6.45) is 2.15. The number of urea groups is 2. The number of hydrogen-bond donors (Lipinski definition) is 5. The van der Waals surface area contributed by atoms with Gasteiger partial charge in [0.1, 0.15) is 17.1 Å². The second-order valence-corrected chi connectivity index (χ2v) is 10.2. The van der Waals surface area contributed by atoms with Crippen molar-refractivity contribution in [2.24, 2.45) is 0 Å². The SMILES string of the molecule is COc1ccc2c(c1)C(=O)N(C[C@@]1(C#Cc3cnc(N4CCC5(CC4)NC(=O)NC5=O)nc3N)NC(=O)NC1=O)C2. The number of piperidine rings is 1. The Morgan fingerprint density at radius 2 is 1.78 bits per heavy atom. The lowest BCUT2D eigenvalue weighted by molar-refractivity contribution is -0.124. The van der Waals surface area contributed by atoms with E-state index in [1.54, 1.807) is 18.2 Å². The number of nitrogen functional groups attached to an aromatic ring is 1. The van der Waals surface area contributed by atoms with Crippen molar-refractivity contribution < 1.29 is 28.7 Å². The molecule has 0 bridgehead atoms. The van der Waals surface area contributed by atoms with E-state index in [9.17, 15) is 24.0 Å². The first-order valence-corrected chi connectivity index (χ1v) is 12.8. The van der Waals surface area contributed by atoms with Gasteiger partial charge in [0, 0.05) is 25.2 Å². The van der Waals surface area contributed by atoms with Gasteiger partial charge in [-0.25, -0.2) is 14.6 Å². The molecule has 5 heterocycles. The quantitative estimate of drug-likeness (QED) is 0.225. The Hall–Kier alpha value is -5.39. The summed E-state index contributed by atoms with van der Waals surface area (Å²) in [5.74, 6) is 5.14. The molecule has 0 aliphatic carbocycles. The first-order chi connectivity index (χ1) is 19.6. The van der Waals surface area contributed by atoms with Crippen molar-refractivity contribution in [2.75, 3.05) is 37.4 Å². The highest BCUT2D eigenvalue weighted by atomic mass is 16.5. The van der Waals surface area contributed by atoms with E-state index in [1.165, 1.54) is 18.2 Å². The number of imide groups is 2. The minimum Gasteiger partial charge on any atom is -0.497 e. The van der Waals surface area contributed by atoms with Crippen LogP contribution in [0, 0.1) is 11.8 Å². The number of benzene rings is 1. The standard InChI is InChI=1S/C26H25N9O6/c1-41-16-3-2-15-12-35(19(36)17(15)10-16)13-26(21(38)31-24(40)33-26)5-4-14-11-28-22(29-18(14)27)34-8-6-25(7-9-34)20(37)30-23(39)32-25/h2-3,10-11H,6-9,12-13H2,1H3,(H2,27,28,29)(H2,30,32,37,39)(H2,31,33,38,40)/t26-/m1/s1. The molecule has 1 atom stereocenters. The number of nitrogens with zero attached hydrogens (tertiary/aromatic N) is 4. The average Bonchev–Trinajstić information content (AvgIpc) is 3.52. The summed E-state index contributed by atoms with van der Waals surface area (Å²) in [5.41, 5.74) is 4.95. The fourth-order valence-electron chi connectivity index (χ4n) is 5.39. The van der Waals surface area contributed by atoms with Crippen molar-refractivity contribution in [2.45, 2.75) is 30.5 Å². The maximum absolute atomic E-state index is 13.1. The second-order valence-electron chi connectivity index (χ2n) is 10.2. The molecule has 0 radical (unpaired) electrons. The molecule has 6 rings (SSSR count). The van der Waals surface area contributed by atoms with Crippen molar-refractivity contribution in [3.8, 4) is 17.6 Å². The van der Waals surface area contributed by atoms with Crippen LogP contribution in [0.4, 0.5) is 21.4 Å². The van der Waals surface area contributed by atoms with Crippen molar-refractivity contribution in [1.29, 1.82) is 0 Å². The van der Waals surface area contributed by atoms with E-state index in [4.69, 9.17) is 10.5 Å². The van der Waals surface area contributed by atoms with Crippen LogP contribution in [0.2, 0.25) is 0 Å². The summed E-state index contributed by atoms with van der Waals surface area (Å²) in [6.45, 7) is 0.844. The van der Waals surface area contributed by atoms with Gasteiger partial charge in [0.15, 0.2) is 0 Å². The molecule has 1 aromatic heterocycles. The number of carbonyl (C=O) groups excluding carboxylic acids is 5. The van der Waals surface area contributed by atoms with Gasteiger partial charge < -0.3 is 30.9 Å². The molecule has 2 aromatic rings. The zero-order valence-electron chi connectivity index (χ0n) is 21.9. The normalized spacial score (nSPS) is 22.5. The molecule has 4 aliphatic heterocycles. The van der Waals surface area contributed by atoms with Gasteiger partial charge in [0.05, 0.1) is 25.4 Å². The molecule has 1 spiro atoms. The summed E-state index contributed by atoms with van der Waals surface area (Å²) in [5, 5.41) is 9.72. The molecule has 0 unspecified atom stereocenters. The topological polar surface area (TPSA) is 201 Å². The highest BCUT2D eigenvalue weighted by Gasteiger charge is 2.49. The van der Waals surface area contributed by atoms with E-state index < -0.39 is 29.0 Å². The maximum Gasteiger partial charge on any atom is 0.323 e. The molecule has 3 saturated heterocycles. The van der Waals surface area contributed by atoms with Gasteiger partial charge in [-0.05, 0) is 30.5 Å². The van der Waals surface area contributed by atoms with Crippen LogP contribution in [-0.2, 0) is 16.1 Å². The van der Waals surface area contributed by atoms with Crippen LogP contribution in [0.1, 0.15) is 34.3 Å². The fourth-order valence-corrected chi connectivity index (χ4v) is 5.39. The summed E-state index contributed by atoms with van der Waals surface area (Å²) < 4.78 is 5.21. The number of anilines is 2. The first-order valence-electron chi connectivity index (χ1n) is 12.8. The molecule has 6 N–H and O–H groups in total. The monoisotopic (exact) mass is 559 g/mol. The molecule has 41 heavy (non-hydrogen) atoms. The van der Waals surface area contributed by atoms with Crippen LogP contribution in [0.3, 0.4) is 0 Å². The molecule has 210 valence electrons. The largest absolute Gasteiger partial charge is 0.497 e. The second kappa shape index (κ2) is 9.37. The number of amides is 7. The Balaban J connectivity index is 1.20. The third-order valence-electron chi connectivity index (χ3n) is 7.70. The third kappa shape index (κ3) is 4.39. The van der Waals surface area contributed by atoms with Gasteiger partial charge in [-0.1, -0.05) is 17.9 Å². The number of nitrogens with two attached hydrogens (primary N) is 1. The number of fused-ring (bicyclic) bond motifs is 1. The Kier molecular flexibility index (Phi) is 5.91. The number of nitrogens with one attached hydrogen (secondary N) is 4. The predicted octanol–water partition coefficient (Wildman–Crippen LogP) is -1.17. The smallest absolute Gasteiger partial charge is 0.323 e. The van der Waals surface area contributed by atoms with E-state index in [2.05, 4.69) is 43.1 Å².